The fourth-order valence-corrected chi connectivity index (χ4v) is 4.88. The minimum atomic E-state index is -0.691. The predicted octanol–water partition coefficient (Wildman–Crippen LogP) is 5.32. The van der Waals surface area contributed by atoms with E-state index in [0.29, 0.717) is 19.6 Å². The average Bonchev–Trinajstić information content (AvgIpc) is 3.36. The van der Waals surface area contributed by atoms with Crippen molar-refractivity contribution in [2.45, 2.75) is 51.4 Å². The van der Waals surface area contributed by atoms with Crippen molar-refractivity contribution in [3.63, 3.8) is 0 Å². The van der Waals surface area contributed by atoms with E-state index in [4.69, 9.17) is 18.8 Å². The van der Waals surface area contributed by atoms with E-state index in [2.05, 4.69) is 24.8 Å². The van der Waals surface area contributed by atoms with Gasteiger partial charge in [0.25, 0.3) is 0 Å². The van der Waals surface area contributed by atoms with Crippen molar-refractivity contribution in [1.29, 1.82) is 0 Å². The third-order valence-electron chi connectivity index (χ3n) is 6.48. The minimum absolute atomic E-state index is 0.183. The van der Waals surface area contributed by atoms with Gasteiger partial charge in [-0.25, -0.2) is 14.8 Å². The Hall–Kier alpha value is -1.68. The molecule has 1 saturated heterocycles. The number of carbonyl (C=O) groups is 1. The highest BCUT2D eigenvalue weighted by Gasteiger charge is 2.51. The molecule has 0 radical (unpaired) electrons. The van der Waals surface area contributed by atoms with Crippen molar-refractivity contribution in [2.24, 2.45) is 0 Å². The first-order valence-corrected chi connectivity index (χ1v) is 15.9. The van der Waals surface area contributed by atoms with E-state index in [0.717, 1.165) is 21.8 Å². The summed E-state index contributed by atoms with van der Waals surface area (Å²) >= 11 is 1.65. The Balaban J connectivity index is 1.64. The fourth-order valence-electron chi connectivity index (χ4n) is 3.50. The third kappa shape index (κ3) is 7.65. The molecule has 1 amide bonds. The number of benzene rings is 1. The zero-order valence-electron chi connectivity index (χ0n) is 22.3. The molecule has 1 fully saturated rings. The lowest BCUT2D eigenvalue weighted by molar-refractivity contribution is 0.00578. The summed E-state index contributed by atoms with van der Waals surface area (Å²) in [5.74, 6) is 1.65. The van der Waals surface area contributed by atoms with Crippen LogP contribution in [-0.4, -0.2) is 74.0 Å². The summed E-state index contributed by atoms with van der Waals surface area (Å²) in [6.45, 7) is 9.18. The molecule has 9 heteroatoms. The molecule has 1 aliphatic rings. The van der Waals surface area contributed by atoms with Crippen LogP contribution in [0.2, 0.25) is 0 Å². The van der Waals surface area contributed by atoms with Crippen molar-refractivity contribution in [1.82, 2.24) is 4.90 Å². The minimum Gasteiger partial charge on any atom is -0.485 e. The fraction of sp³-hybridized carbons (Fsp3) is 0.577. The Morgan fingerprint density at radius 3 is 2.40 bits per heavy atom. The second-order valence-corrected chi connectivity index (χ2v) is 16.5. The Bertz CT molecular complexity index is 958. The highest BCUT2D eigenvalue weighted by atomic mass is 32.3. The number of rotatable bonds is 10. The van der Waals surface area contributed by atoms with E-state index >= 15 is 0 Å². The van der Waals surface area contributed by atoms with Gasteiger partial charge >= 0.3 is 13.2 Å². The molecule has 1 unspecified atom stereocenters. The second-order valence-electron chi connectivity index (χ2n) is 10.9. The van der Waals surface area contributed by atoms with Gasteiger partial charge in [0.1, 0.15) is 18.5 Å². The van der Waals surface area contributed by atoms with Gasteiger partial charge in [-0.3, -0.25) is 0 Å². The maximum atomic E-state index is 12.4. The van der Waals surface area contributed by atoms with Crippen molar-refractivity contribution in [2.75, 3.05) is 44.7 Å². The zero-order chi connectivity index (χ0) is 25.9. The van der Waals surface area contributed by atoms with Crippen LogP contribution < -0.4 is 10.2 Å². The molecule has 194 valence electrons. The number of carbonyl (C=O) groups excluding carboxylic acids is 1. The van der Waals surface area contributed by atoms with Crippen LogP contribution in [0.1, 0.15) is 45.1 Å². The van der Waals surface area contributed by atoms with E-state index in [1.54, 1.807) is 23.3 Å². The molecule has 35 heavy (non-hydrogen) atoms. The third-order valence-corrected chi connectivity index (χ3v) is 8.84. The van der Waals surface area contributed by atoms with Gasteiger partial charge < -0.3 is 23.7 Å². The molecule has 1 aliphatic heterocycles. The van der Waals surface area contributed by atoms with Crippen LogP contribution in [0.25, 0.3) is 0 Å². The molecule has 0 aliphatic carbocycles. The first-order valence-electron chi connectivity index (χ1n) is 12.0. The standard InChI is InChI=1S/C26H40BNO5S2/c1-25(2)26(3,4)33-27(32-25)20-11-9-12-21(19-20)31-22(23-13-10-17-34-23)14-15-28(5)24(29)30-16-18-35(6,7)8/h9-13,17,19,22H,14-16,18H2,1-8H3. The van der Waals surface area contributed by atoms with Gasteiger partial charge in [0, 0.05) is 30.6 Å². The molecule has 0 bridgehead atoms. The van der Waals surface area contributed by atoms with Crippen LogP contribution in [0.5, 0.6) is 5.75 Å². The summed E-state index contributed by atoms with van der Waals surface area (Å²) < 4.78 is 24.3. The number of hydrogen-bond acceptors (Lipinski definition) is 6. The number of thiophene rings is 1. The van der Waals surface area contributed by atoms with Gasteiger partial charge in [0.05, 0.1) is 11.2 Å². The lowest BCUT2D eigenvalue weighted by Gasteiger charge is -2.32. The zero-order valence-corrected chi connectivity index (χ0v) is 24.0. The molecule has 0 N–H and O–H groups in total. The van der Waals surface area contributed by atoms with Crippen LogP contribution >= 0.6 is 21.4 Å². The molecular weight excluding hydrogens is 481 g/mol. The van der Waals surface area contributed by atoms with Crippen molar-refractivity contribution >= 4 is 40.0 Å². The Kier molecular flexibility index (Phi) is 8.89. The molecule has 6 nitrogen and oxygen atoms in total. The average molecular weight is 522 g/mol. The maximum absolute atomic E-state index is 12.4. The number of ether oxygens (including phenoxy) is 2. The number of amides is 1. The summed E-state index contributed by atoms with van der Waals surface area (Å²) in [5.41, 5.74) is 0.121. The van der Waals surface area contributed by atoms with Crippen LogP contribution in [0.4, 0.5) is 4.79 Å². The topological polar surface area (TPSA) is 57.2 Å². The molecule has 0 spiro atoms. The van der Waals surface area contributed by atoms with Gasteiger partial charge in [-0.2, -0.15) is 0 Å². The quantitative estimate of drug-likeness (QED) is 0.396. The van der Waals surface area contributed by atoms with Crippen molar-refractivity contribution < 1.29 is 23.6 Å². The van der Waals surface area contributed by atoms with Crippen LogP contribution in [-0.2, 0) is 14.0 Å². The van der Waals surface area contributed by atoms with Gasteiger partial charge in [-0.15, -0.1) is 11.3 Å². The summed E-state index contributed by atoms with van der Waals surface area (Å²) in [7, 11) is 0.639. The highest BCUT2D eigenvalue weighted by Crippen LogP contribution is 2.37. The van der Waals surface area contributed by atoms with Gasteiger partial charge in [-0.05, 0) is 75.5 Å². The molecule has 2 heterocycles. The van der Waals surface area contributed by atoms with E-state index < -0.39 is 28.3 Å². The monoisotopic (exact) mass is 521 g/mol. The van der Waals surface area contributed by atoms with Crippen LogP contribution in [0.15, 0.2) is 41.8 Å². The van der Waals surface area contributed by atoms with Crippen LogP contribution in [0.3, 0.4) is 0 Å². The number of nitrogens with zero attached hydrogens (tertiary/aromatic N) is 1. The van der Waals surface area contributed by atoms with E-state index in [1.165, 1.54) is 0 Å². The van der Waals surface area contributed by atoms with Gasteiger partial charge in [-0.1, -0.05) is 18.2 Å². The summed E-state index contributed by atoms with van der Waals surface area (Å²) in [6, 6.07) is 12.0. The molecular formula is C26H40BNO5S2. The maximum Gasteiger partial charge on any atom is 0.494 e. The molecule has 1 atom stereocenters. The number of hydrogen-bond donors (Lipinski definition) is 0. The summed E-state index contributed by atoms with van der Waals surface area (Å²) in [6.07, 6.45) is 6.83. The van der Waals surface area contributed by atoms with Gasteiger partial charge in [0.2, 0.25) is 0 Å². The lowest BCUT2D eigenvalue weighted by Crippen LogP contribution is -2.41. The van der Waals surface area contributed by atoms with Gasteiger partial charge in [0.15, 0.2) is 0 Å². The van der Waals surface area contributed by atoms with Crippen LogP contribution in [0, 0.1) is 0 Å². The molecule has 2 aromatic rings. The highest BCUT2D eigenvalue weighted by molar-refractivity contribution is 8.32. The largest absolute Gasteiger partial charge is 0.494 e. The first-order chi connectivity index (χ1) is 16.3. The normalized spacial score (nSPS) is 18.2. The van der Waals surface area contributed by atoms with E-state index in [1.807, 2.05) is 63.4 Å². The Labute approximate surface area is 216 Å². The molecule has 3 rings (SSSR count). The molecule has 0 saturated carbocycles. The van der Waals surface area contributed by atoms with Crippen molar-refractivity contribution in [3.8, 4) is 5.75 Å². The Morgan fingerprint density at radius 2 is 1.80 bits per heavy atom. The molecule has 1 aromatic carbocycles. The molecule has 1 aromatic heterocycles. The smallest absolute Gasteiger partial charge is 0.485 e. The second kappa shape index (κ2) is 11.2. The van der Waals surface area contributed by atoms with E-state index in [-0.39, 0.29) is 12.2 Å². The predicted molar refractivity (Wildman–Crippen MR) is 149 cm³/mol. The van der Waals surface area contributed by atoms with E-state index in [9.17, 15) is 4.79 Å². The van der Waals surface area contributed by atoms with Crippen molar-refractivity contribution in [3.05, 3.63) is 46.7 Å². The Morgan fingerprint density at radius 1 is 1.11 bits per heavy atom. The SMILES string of the molecule is CN(CCC(Oc1cccc(B2OC(C)(C)C(C)(C)O2)c1)c1cccs1)C(=O)OCCS(C)(C)C. The summed E-state index contributed by atoms with van der Waals surface area (Å²) in [4.78, 5) is 15.2. The lowest BCUT2D eigenvalue weighted by atomic mass is 9.79. The first kappa shape index (κ1) is 27.9. The summed E-state index contributed by atoms with van der Waals surface area (Å²) in [5, 5.41) is 2.04.